The van der Waals surface area contributed by atoms with Gasteiger partial charge in [0.05, 0.1) is 18.1 Å². The van der Waals surface area contributed by atoms with E-state index in [2.05, 4.69) is 88.9 Å². The summed E-state index contributed by atoms with van der Waals surface area (Å²) in [6.45, 7) is 2.98. The van der Waals surface area contributed by atoms with Crippen molar-refractivity contribution in [3.05, 3.63) is 102 Å². The van der Waals surface area contributed by atoms with E-state index in [1.807, 2.05) is 12.1 Å². The molecule has 0 saturated heterocycles. The van der Waals surface area contributed by atoms with Crippen LogP contribution in [0.25, 0.3) is 32.9 Å². The number of rotatable bonds is 6. The molecule has 0 bridgehead atoms. The molecular weight excluding hydrogens is 394 g/mol. The van der Waals surface area contributed by atoms with Gasteiger partial charge in [-0.1, -0.05) is 54.6 Å². The molecule has 1 N–H and O–H groups in total. The van der Waals surface area contributed by atoms with Crippen LogP contribution in [0.15, 0.2) is 91.3 Å². The van der Waals surface area contributed by atoms with Crippen LogP contribution < -0.4 is 10.1 Å². The van der Waals surface area contributed by atoms with Gasteiger partial charge in [-0.15, -0.1) is 0 Å². The molecule has 1 atom stereocenters. The van der Waals surface area contributed by atoms with Crippen molar-refractivity contribution in [2.75, 3.05) is 7.11 Å². The fourth-order valence-corrected chi connectivity index (χ4v) is 4.23. The summed E-state index contributed by atoms with van der Waals surface area (Å²) in [4.78, 5) is 8.82. The summed E-state index contributed by atoms with van der Waals surface area (Å²) in [5.41, 5.74) is 6.39. The molecule has 0 saturated carbocycles. The van der Waals surface area contributed by atoms with E-state index in [1.54, 1.807) is 19.5 Å². The number of benzene rings is 4. The standard InChI is InChI=1S/C28H25N3O/c1-19(23-9-5-7-21-6-3-4-8-24(21)23)31-18-20-10-13-28(32-2)25(16-20)22-11-12-26-27(17-22)30-15-14-29-26/h3-17,19,31H,18H2,1-2H3. The molecule has 1 unspecified atom stereocenters. The minimum atomic E-state index is 0.225. The lowest BCUT2D eigenvalue weighted by Gasteiger charge is -2.18. The first-order chi connectivity index (χ1) is 15.7. The van der Waals surface area contributed by atoms with E-state index in [0.717, 1.165) is 34.5 Å². The van der Waals surface area contributed by atoms with Crippen molar-refractivity contribution in [2.45, 2.75) is 19.5 Å². The highest BCUT2D eigenvalue weighted by molar-refractivity contribution is 5.86. The lowest BCUT2D eigenvalue weighted by molar-refractivity contribution is 0.416. The highest BCUT2D eigenvalue weighted by Gasteiger charge is 2.12. The molecule has 0 fully saturated rings. The summed E-state index contributed by atoms with van der Waals surface area (Å²) in [6.07, 6.45) is 3.43. The van der Waals surface area contributed by atoms with Gasteiger partial charge in [-0.25, -0.2) is 0 Å². The molecule has 5 rings (SSSR count). The predicted molar refractivity (Wildman–Crippen MR) is 131 cm³/mol. The Hall–Kier alpha value is -3.76. The van der Waals surface area contributed by atoms with Crippen LogP contribution in [0.1, 0.15) is 24.1 Å². The summed E-state index contributed by atoms with van der Waals surface area (Å²) in [5.74, 6) is 0.846. The molecule has 0 spiro atoms. The van der Waals surface area contributed by atoms with Gasteiger partial charge < -0.3 is 10.1 Å². The van der Waals surface area contributed by atoms with Crippen molar-refractivity contribution in [3.8, 4) is 16.9 Å². The van der Waals surface area contributed by atoms with Crippen LogP contribution in [0.5, 0.6) is 5.75 Å². The van der Waals surface area contributed by atoms with E-state index < -0.39 is 0 Å². The van der Waals surface area contributed by atoms with Crippen molar-refractivity contribution in [2.24, 2.45) is 0 Å². The molecule has 4 heteroatoms. The maximum absolute atomic E-state index is 5.65. The number of fused-ring (bicyclic) bond motifs is 2. The second-order valence-electron chi connectivity index (χ2n) is 7.97. The maximum Gasteiger partial charge on any atom is 0.126 e. The number of ether oxygens (including phenoxy) is 1. The molecule has 0 aliphatic carbocycles. The number of hydrogen-bond acceptors (Lipinski definition) is 4. The van der Waals surface area contributed by atoms with Crippen LogP contribution in [0.2, 0.25) is 0 Å². The van der Waals surface area contributed by atoms with Crippen LogP contribution in [0, 0.1) is 0 Å². The fourth-order valence-electron chi connectivity index (χ4n) is 4.23. The van der Waals surface area contributed by atoms with Gasteiger partial charge in [-0.05, 0) is 58.7 Å². The first-order valence-electron chi connectivity index (χ1n) is 10.8. The molecule has 0 amide bonds. The van der Waals surface area contributed by atoms with Crippen LogP contribution in [0.4, 0.5) is 0 Å². The van der Waals surface area contributed by atoms with Gasteiger partial charge >= 0.3 is 0 Å². The molecule has 5 aromatic rings. The molecular formula is C28H25N3O. The second-order valence-corrected chi connectivity index (χ2v) is 7.97. The summed E-state index contributed by atoms with van der Waals surface area (Å²) < 4.78 is 5.65. The van der Waals surface area contributed by atoms with Gasteiger partial charge in [-0.2, -0.15) is 0 Å². The van der Waals surface area contributed by atoms with E-state index in [4.69, 9.17) is 4.74 Å². The molecule has 0 radical (unpaired) electrons. The average molecular weight is 420 g/mol. The minimum absolute atomic E-state index is 0.225. The molecule has 1 heterocycles. The van der Waals surface area contributed by atoms with E-state index in [0.29, 0.717) is 0 Å². The first kappa shape index (κ1) is 20.2. The van der Waals surface area contributed by atoms with Gasteiger partial charge in [0.25, 0.3) is 0 Å². The minimum Gasteiger partial charge on any atom is -0.496 e. The highest BCUT2D eigenvalue weighted by atomic mass is 16.5. The molecule has 32 heavy (non-hydrogen) atoms. The Bertz CT molecular complexity index is 1390. The molecule has 0 aliphatic rings. The lowest BCUT2D eigenvalue weighted by Crippen LogP contribution is -2.18. The largest absolute Gasteiger partial charge is 0.496 e. The summed E-state index contributed by atoms with van der Waals surface area (Å²) in [5, 5.41) is 6.25. The Morgan fingerprint density at radius 2 is 1.66 bits per heavy atom. The summed E-state index contributed by atoms with van der Waals surface area (Å²) >= 11 is 0. The average Bonchev–Trinajstić information content (AvgIpc) is 2.86. The number of nitrogens with one attached hydrogen (secondary N) is 1. The number of aromatic nitrogens is 2. The van der Waals surface area contributed by atoms with E-state index in [1.165, 1.54) is 21.9 Å². The Morgan fingerprint density at radius 3 is 2.53 bits per heavy atom. The number of hydrogen-bond donors (Lipinski definition) is 1. The SMILES string of the molecule is COc1ccc(CNC(C)c2cccc3ccccc23)cc1-c1ccc2nccnc2c1. The smallest absolute Gasteiger partial charge is 0.126 e. The van der Waals surface area contributed by atoms with Gasteiger partial charge in [-0.3, -0.25) is 9.97 Å². The van der Waals surface area contributed by atoms with Crippen molar-refractivity contribution in [1.82, 2.24) is 15.3 Å². The Balaban J connectivity index is 1.42. The summed E-state index contributed by atoms with van der Waals surface area (Å²) in [6, 6.07) is 27.7. The van der Waals surface area contributed by atoms with Crippen molar-refractivity contribution < 1.29 is 4.74 Å². The Kier molecular flexibility index (Phi) is 5.53. The van der Waals surface area contributed by atoms with Crippen LogP contribution in [0.3, 0.4) is 0 Å². The second kappa shape index (κ2) is 8.77. The third-order valence-corrected chi connectivity index (χ3v) is 5.95. The van der Waals surface area contributed by atoms with Gasteiger partial charge in [0.1, 0.15) is 5.75 Å². The van der Waals surface area contributed by atoms with Crippen LogP contribution in [-0.2, 0) is 6.54 Å². The summed E-state index contributed by atoms with van der Waals surface area (Å²) in [7, 11) is 1.71. The first-order valence-corrected chi connectivity index (χ1v) is 10.8. The molecule has 4 aromatic carbocycles. The quantitative estimate of drug-likeness (QED) is 0.350. The molecule has 0 aliphatic heterocycles. The molecule has 1 aromatic heterocycles. The van der Waals surface area contributed by atoms with Crippen LogP contribution in [-0.4, -0.2) is 17.1 Å². The Labute approximate surface area is 187 Å². The van der Waals surface area contributed by atoms with Crippen LogP contribution >= 0.6 is 0 Å². The van der Waals surface area contributed by atoms with Crippen molar-refractivity contribution >= 4 is 21.8 Å². The van der Waals surface area contributed by atoms with E-state index in [9.17, 15) is 0 Å². The predicted octanol–water partition coefficient (Wildman–Crippen LogP) is 6.31. The third kappa shape index (κ3) is 3.93. The fraction of sp³-hybridized carbons (Fsp3) is 0.143. The Morgan fingerprint density at radius 1 is 0.844 bits per heavy atom. The highest BCUT2D eigenvalue weighted by Crippen LogP contribution is 2.32. The lowest BCUT2D eigenvalue weighted by atomic mass is 9.99. The van der Waals surface area contributed by atoms with Crippen molar-refractivity contribution in [3.63, 3.8) is 0 Å². The monoisotopic (exact) mass is 419 g/mol. The normalized spacial score (nSPS) is 12.2. The van der Waals surface area contributed by atoms with E-state index >= 15 is 0 Å². The van der Waals surface area contributed by atoms with E-state index in [-0.39, 0.29) is 6.04 Å². The number of methoxy groups -OCH3 is 1. The van der Waals surface area contributed by atoms with Gasteiger partial charge in [0, 0.05) is 30.5 Å². The third-order valence-electron chi connectivity index (χ3n) is 5.95. The molecule has 158 valence electrons. The zero-order chi connectivity index (χ0) is 21.9. The van der Waals surface area contributed by atoms with Gasteiger partial charge in [0.15, 0.2) is 0 Å². The zero-order valence-corrected chi connectivity index (χ0v) is 18.2. The number of nitrogens with zero attached hydrogens (tertiary/aromatic N) is 2. The topological polar surface area (TPSA) is 47.0 Å². The maximum atomic E-state index is 5.65. The van der Waals surface area contributed by atoms with Gasteiger partial charge in [0.2, 0.25) is 0 Å². The molecule has 4 nitrogen and oxygen atoms in total. The van der Waals surface area contributed by atoms with Crippen molar-refractivity contribution in [1.29, 1.82) is 0 Å². The zero-order valence-electron chi connectivity index (χ0n) is 18.2.